The molecule has 0 unspecified atom stereocenters. The standard InChI is InChI=1S/C84H105N7O13S2/c1-59-77-73(56-82(2,3)57-74(77)92)91(88-59)66-33-34-69(81(85)93)70(55-66)87-40-18-44-101-46-48-103-50-52-104-51-49-102-47-45-100-43-17-39-86-58-60-25-27-65(28-26-60)78-63(31-37-75-83(4,5)79-67-23-10-8-19-61(67)29-35-71(79)89(75)41-12-14-53-105(94,95)96)21-16-22-64(78)32-38-76-84(6,7)80-68-24-11-9-20-62(68)30-36-72(80)90(76)42-13-15-54-106(97,98)99/h8-11,19-20,23-38,55,86H,12-18,21-22,39-54,56-58H2,1-7H3,(H4-,85,87,93,94,95,96,97,98,99). The molecule has 20 nitrogen and oxygen atoms in total. The minimum atomic E-state index is -4.35. The van der Waals surface area contributed by atoms with Gasteiger partial charge in [0.1, 0.15) is 6.54 Å². The number of aromatic nitrogens is 2. The third kappa shape index (κ3) is 19.6. The van der Waals surface area contributed by atoms with Gasteiger partial charge in [-0.3, -0.25) is 14.1 Å². The summed E-state index contributed by atoms with van der Waals surface area (Å²) < 4.78 is 102. The van der Waals surface area contributed by atoms with E-state index < -0.39 is 42.7 Å². The van der Waals surface area contributed by atoms with E-state index in [-0.39, 0.29) is 23.4 Å². The Bertz CT molecular complexity index is 4720. The number of amides is 1. The Labute approximate surface area is 625 Å². The zero-order valence-corrected chi connectivity index (χ0v) is 64.2. The molecule has 7 aromatic rings. The van der Waals surface area contributed by atoms with Gasteiger partial charge in [0.05, 0.1) is 102 Å². The molecule has 2 aliphatic heterocycles. The summed E-state index contributed by atoms with van der Waals surface area (Å²) in [5.41, 5.74) is 21.4. The fraction of sp³-hybridized carbons (Fsp3) is 0.452. The molecule has 1 aromatic heterocycles. The van der Waals surface area contributed by atoms with Crippen LogP contribution in [-0.4, -0.2) is 161 Å². The van der Waals surface area contributed by atoms with Crippen LogP contribution in [-0.2, 0) is 67.7 Å². The van der Waals surface area contributed by atoms with Crippen LogP contribution in [0.15, 0.2) is 156 Å². The molecule has 106 heavy (non-hydrogen) atoms. The van der Waals surface area contributed by atoms with Crippen LogP contribution in [0.2, 0.25) is 0 Å². The van der Waals surface area contributed by atoms with Gasteiger partial charge >= 0.3 is 0 Å². The molecule has 1 amide bonds. The molecule has 0 spiro atoms. The molecule has 0 saturated heterocycles. The smallest absolute Gasteiger partial charge is 0.264 e. The first kappa shape index (κ1) is 79.1. The maximum absolute atomic E-state index is 13.0. The summed E-state index contributed by atoms with van der Waals surface area (Å²) in [5, 5.41) is 16.3. The Hall–Kier alpha value is -8.00. The fourth-order valence-electron chi connectivity index (χ4n) is 15.7. The van der Waals surface area contributed by atoms with E-state index in [1.807, 2.05) is 23.7 Å². The van der Waals surface area contributed by atoms with Crippen molar-refractivity contribution in [3.8, 4) is 5.69 Å². The van der Waals surface area contributed by atoms with Gasteiger partial charge in [0.15, 0.2) is 11.5 Å². The Balaban J connectivity index is 0.653. The lowest BCUT2D eigenvalue weighted by molar-refractivity contribution is -0.438. The lowest BCUT2D eigenvalue weighted by Gasteiger charge is -2.29. The molecular weight excluding hydrogens is 1380 g/mol. The summed E-state index contributed by atoms with van der Waals surface area (Å²) in [6, 6.07) is 39.8. The van der Waals surface area contributed by atoms with Crippen molar-refractivity contribution in [3.63, 3.8) is 0 Å². The van der Waals surface area contributed by atoms with Crippen molar-refractivity contribution in [2.75, 3.05) is 114 Å². The Morgan fingerprint density at radius 2 is 1.30 bits per heavy atom. The number of rotatable bonds is 39. The quantitative estimate of drug-likeness (QED) is 0.0158. The molecule has 3 heterocycles. The maximum Gasteiger partial charge on any atom is 0.264 e. The molecule has 0 atom stereocenters. The summed E-state index contributed by atoms with van der Waals surface area (Å²) in [6.07, 6.45) is 16.2. The zero-order valence-electron chi connectivity index (χ0n) is 62.6. The van der Waals surface area contributed by atoms with E-state index in [2.05, 4.69) is 183 Å². The summed E-state index contributed by atoms with van der Waals surface area (Å²) >= 11 is 0. The first-order valence-electron chi connectivity index (χ1n) is 37.5. The summed E-state index contributed by atoms with van der Waals surface area (Å²) in [4.78, 5) is 27.7. The number of hydrogen-bond donors (Lipinski definition) is 4. The number of unbranched alkanes of at least 4 members (excludes halogenated alkanes) is 2. The van der Waals surface area contributed by atoms with Gasteiger partial charge < -0.3 is 49.5 Å². The predicted octanol–water partition coefficient (Wildman–Crippen LogP) is 14.0. The van der Waals surface area contributed by atoms with Crippen molar-refractivity contribution < 1.29 is 63.8 Å². The number of fused-ring (bicyclic) bond motifs is 7. The van der Waals surface area contributed by atoms with E-state index in [1.54, 1.807) is 6.07 Å². The third-order valence-corrected chi connectivity index (χ3v) is 22.3. The molecule has 0 radical (unpaired) electrons. The minimum Gasteiger partial charge on any atom is -0.748 e. The lowest BCUT2D eigenvalue weighted by Crippen LogP contribution is -2.28. The van der Waals surface area contributed by atoms with Gasteiger partial charge in [-0.1, -0.05) is 119 Å². The number of Topliss-reactive ketones (excluding diaryl/α,β-unsaturated/α-hetero) is 1. The predicted molar refractivity (Wildman–Crippen MR) is 420 cm³/mol. The van der Waals surface area contributed by atoms with Gasteiger partial charge in [-0.05, 0) is 182 Å². The van der Waals surface area contributed by atoms with Gasteiger partial charge in [-0.25, -0.2) is 13.1 Å². The average Bonchev–Trinajstić information content (AvgIpc) is 1.58. The molecular formula is C84H105N7O13S2. The highest BCUT2D eigenvalue weighted by atomic mass is 32.2. The molecule has 22 heteroatoms. The molecule has 0 saturated carbocycles. The van der Waals surface area contributed by atoms with Crippen molar-refractivity contribution >= 4 is 81.8 Å². The van der Waals surface area contributed by atoms with Crippen molar-refractivity contribution in [1.29, 1.82) is 0 Å². The van der Waals surface area contributed by atoms with E-state index in [0.717, 1.165) is 88.3 Å². The number of nitrogens with one attached hydrogen (secondary N) is 2. The Morgan fingerprint density at radius 3 is 1.95 bits per heavy atom. The number of ketones is 1. The van der Waals surface area contributed by atoms with E-state index >= 15 is 0 Å². The number of aryl methyl sites for hydroxylation is 1. The van der Waals surface area contributed by atoms with Crippen LogP contribution < -0.4 is 21.3 Å². The van der Waals surface area contributed by atoms with Gasteiger partial charge in [0.25, 0.3) is 16.0 Å². The molecule has 5 N–H and O–H groups in total. The number of nitrogens with zero attached hydrogens (tertiary/aromatic N) is 4. The topological polar surface area (TPSA) is 266 Å². The SMILES string of the molecule is Cc1nn(-c2ccc(C(N)=O)c(NCCCOCCOCCOCCOCCOCCCNCc3ccc(C4=C(/C=C/C5=[N+](CCCCS(=O)(=O)[O-])c6ccc7ccccc7c6C5(C)C)CCC/C4=C\C=C4\N(CCCCS(=O)(=O)O)c5ccc6ccccc6c5C4(C)C)cc3)c2)c2c1C(=O)CC(C)(C)C2. The highest BCUT2D eigenvalue weighted by Crippen LogP contribution is 2.52. The van der Waals surface area contributed by atoms with E-state index in [4.69, 9.17) is 34.5 Å². The van der Waals surface area contributed by atoms with Crippen LogP contribution in [0.25, 0.3) is 32.8 Å². The molecule has 11 rings (SSSR count). The highest BCUT2D eigenvalue weighted by molar-refractivity contribution is 7.85. The second-order valence-electron chi connectivity index (χ2n) is 30.0. The zero-order chi connectivity index (χ0) is 75.2. The van der Waals surface area contributed by atoms with Crippen LogP contribution in [0.4, 0.5) is 17.1 Å². The second-order valence-corrected chi connectivity index (χ2v) is 33.1. The van der Waals surface area contributed by atoms with Gasteiger partial charge in [0.2, 0.25) is 5.69 Å². The van der Waals surface area contributed by atoms with Gasteiger partial charge in [-0.15, -0.1) is 0 Å². The Morgan fingerprint density at radius 1 is 0.679 bits per heavy atom. The molecule has 6 aromatic carbocycles. The lowest BCUT2D eigenvalue weighted by atomic mass is 9.75. The first-order valence-corrected chi connectivity index (χ1v) is 40.7. The summed E-state index contributed by atoms with van der Waals surface area (Å²) in [5.74, 6) is -1.12. The van der Waals surface area contributed by atoms with Crippen LogP contribution in [0.5, 0.6) is 0 Å². The number of nitrogens with two attached hydrogens (primary N) is 1. The summed E-state index contributed by atoms with van der Waals surface area (Å²) in [7, 11) is -8.46. The number of carbonyl (C=O) groups excluding carboxylic acids is 2. The monoisotopic (exact) mass is 1480 g/mol. The number of allylic oxidation sites excluding steroid dienone is 8. The van der Waals surface area contributed by atoms with Gasteiger partial charge in [0, 0.05) is 91.6 Å². The molecule has 0 fully saturated rings. The molecule has 566 valence electrons. The number of anilines is 2. The number of benzene rings is 6. The normalized spacial score (nSPS) is 17.1. The van der Waals surface area contributed by atoms with E-state index in [0.29, 0.717) is 153 Å². The fourth-order valence-corrected chi connectivity index (χ4v) is 16.8. The van der Waals surface area contributed by atoms with Crippen molar-refractivity contribution in [2.45, 2.75) is 136 Å². The minimum absolute atomic E-state index is 0.107. The number of primary amides is 1. The Kier molecular flexibility index (Phi) is 26.4. The number of hydrogen-bond acceptors (Lipinski definition) is 16. The largest absolute Gasteiger partial charge is 0.748 e. The first-order chi connectivity index (χ1) is 50.8. The second kappa shape index (κ2) is 35.4. The van der Waals surface area contributed by atoms with Crippen LogP contribution in [0, 0.1) is 12.3 Å². The molecule has 4 aliphatic rings. The van der Waals surface area contributed by atoms with Crippen molar-refractivity contribution in [1.82, 2.24) is 15.1 Å². The van der Waals surface area contributed by atoms with Gasteiger partial charge in [-0.2, -0.15) is 18.1 Å². The highest BCUT2D eigenvalue weighted by Gasteiger charge is 2.46. The molecule has 2 aliphatic carbocycles. The van der Waals surface area contributed by atoms with Crippen LogP contribution in [0.3, 0.4) is 0 Å². The van der Waals surface area contributed by atoms with Crippen molar-refractivity contribution in [2.24, 2.45) is 11.1 Å². The van der Waals surface area contributed by atoms with Crippen LogP contribution >= 0.6 is 0 Å². The number of carbonyl (C=O) groups is 2. The van der Waals surface area contributed by atoms with E-state index in [9.17, 15) is 35.5 Å². The summed E-state index contributed by atoms with van der Waals surface area (Å²) in [6.45, 7) is 22.9. The molecule has 0 bridgehead atoms. The average molecular weight is 1480 g/mol. The maximum atomic E-state index is 13.0. The van der Waals surface area contributed by atoms with Crippen molar-refractivity contribution in [3.05, 3.63) is 201 Å². The third-order valence-electron chi connectivity index (χ3n) is 20.7. The van der Waals surface area contributed by atoms with E-state index in [1.165, 1.54) is 38.6 Å². The van der Waals surface area contributed by atoms with Crippen LogP contribution in [0.1, 0.15) is 160 Å². The number of ether oxygens (including phenoxy) is 5.